The predicted octanol–water partition coefficient (Wildman–Crippen LogP) is 4.57. The van der Waals surface area contributed by atoms with Crippen molar-refractivity contribution < 1.29 is 22.4 Å². The second-order valence-electron chi connectivity index (χ2n) is 5.98. The molecule has 0 amide bonds. The Morgan fingerprint density at radius 1 is 1.14 bits per heavy atom. The van der Waals surface area contributed by atoms with Crippen LogP contribution in [0.15, 0.2) is 68.7 Å². The van der Waals surface area contributed by atoms with Crippen LogP contribution in [0.5, 0.6) is 5.75 Å². The standard InChI is InChI=1S/C19H12F3N3O3S/c20-19(21,22)27-14-5-3-12(4-6-14)10-25-8-1-2-15(18(25)26)17-23-16(24-28-17)13-7-9-29-11-13/h1-9,11H,10H2. The molecule has 0 aliphatic rings. The number of alkyl halides is 3. The van der Waals surface area contributed by atoms with Gasteiger partial charge in [0, 0.05) is 17.1 Å². The molecule has 3 aromatic heterocycles. The van der Waals surface area contributed by atoms with E-state index in [-0.39, 0.29) is 29.3 Å². The molecule has 0 aliphatic carbocycles. The fraction of sp³-hybridized carbons (Fsp3) is 0.105. The van der Waals surface area contributed by atoms with Gasteiger partial charge in [0.1, 0.15) is 11.3 Å². The second-order valence-corrected chi connectivity index (χ2v) is 6.76. The molecule has 0 aliphatic heterocycles. The molecule has 1 aromatic carbocycles. The highest BCUT2D eigenvalue weighted by atomic mass is 32.1. The highest BCUT2D eigenvalue weighted by molar-refractivity contribution is 7.08. The summed E-state index contributed by atoms with van der Waals surface area (Å²) in [7, 11) is 0. The molecule has 0 N–H and O–H groups in total. The van der Waals surface area contributed by atoms with Gasteiger partial charge in [-0.25, -0.2) is 0 Å². The predicted molar refractivity (Wildman–Crippen MR) is 99.5 cm³/mol. The monoisotopic (exact) mass is 419 g/mol. The summed E-state index contributed by atoms with van der Waals surface area (Å²) in [6.07, 6.45) is -3.18. The second kappa shape index (κ2) is 7.55. The van der Waals surface area contributed by atoms with E-state index in [2.05, 4.69) is 14.9 Å². The Labute approximate surface area is 165 Å². The van der Waals surface area contributed by atoms with Crippen molar-refractivity contribution in [1.82, 2.24) is 14.7 Å². The zero-order valence-corrected chi connectivity index (χ0v) is 15.4. The van der Waals surface area contributed by atoms with Crippen molar-refractivity contribution >= 4 is 11.3 Å². The molecular weight excluding hydrogens is 407 g/mol. The van der Waals surface area contributed by atoms with Crippen molar-refractivity contribution in [3.05, 3.63) is 75.3 Å². The third-order valence-corrected chi connectivity index (χ3v) is 4.65. The fourth-order valence-corrected chi connectivity index (χ4v) is 3.29. The van der Waals surface area contributed by atoms with E-state index >= 15 is 0 Å². The molecule has 4 aromatic rings. The van der Waals surface area contributed by atoms with E-state index in [1.807, 2.05) is 16.8 Å². The highest BCUT2D eigenvalue weighted by Gasteiger charge is 2.30. The maximum atomic E-state index is 12.8. The van der Waals surface area contributed by atoms with Crippen LogP contribution in [0.1, 0.15) is 5.56 Å². The molecule has 148 valence electrons. The molecule has 0 spiro atoms. The van der Waals surface area contributed by atoms with Gasteiger partial charge in [-0.15, -0.1) is 13.2 Å². The molecule has 4 rings (SSSR count). The van der Waals surface area contributed by atoms with Crippen LogP contribution in [-0.2, 0) is 6.54 Å². The summed E-state index contributed by atoms with van der Waals surface area (Å²) in [6.45, 7) is 0.157. The number of nitrogens with zero attached hydrogens (tertiary/aromatic N) is 3. The lowest BCUT2D eigenvalue weighted by atomic mass is 10.2. The third-order valence-electron chi connectivity index (χ3n) is 3.97. The minimum Gasteiger partial charge on any atom is -0.406 e. The van der Waals surface area contributed by atoms with Gasteiger partial charge in [-0.05, 0) is 41.3 Å². The van der Waals surface area contributed by atoms with Crippen LogP contribution in [0.4, 0.5) is 13.2 Å². The lowest BCUT2D eigenvalue weighted by Crippen LogP contribution is -2.21. The van der Waals surface area contributed by atoms with Crippen molar-refractivity contribution in [3.63, 3.8) is 0 Å². The van der Waals surface area contributed by atoms with Gasteiger partial charge in [-0.2, -0.15) is 16.3 Å². The van der Waals surface area contributed by atoms with Crippen molar-refractivity contribution in [2.75, 3.05) is 0 Å². The van der Waals surface area contributed by atoms with E-state index in [9.17, 15) is 18.0 Å². The van der Waals surface area contributed by atoms with Gasteiger partial charge in [0.2, 0.25) is 5.82 Å². The number of hydrogen-bond donors (Lipinski definition) is 0. The first-order valence-corrected chi connectivity index (χ1v) is 9.24. The number of thiophene rings is 1. The average Bonchev–Trinajstić information content (AvgIpc) is 3.35. The van der Waals surface area contributed by atoms with Gasteiger partial charge >= 0.3 is 6.36 Å². The minimum atomic E-state index is -4.75. The number of halogens is 3. The summed E-state index contributed by atoms with van der Waals surface area (Å²) in [5.74, 6) is 0.157. The SMILES string of the molecule is O=c1c(-c2nc(-c3ccsc3)no2)cccn1Cc1ccc(OC(F)(F)F)cc1. The molecule has 10 heteroatoms. The lowest BCUT2D eigenvalue weighted by molar-refractivity contribution is -0.274. The van der Waals surface area contributed by atoms with Crippen molar-refractivity contribution in [3.8, 4) is 28.6 Å². The Morgan fingerprint density at radius 3 is 2.62 bits per heavy atom. The molecule has 0 bridgehead atoms. The van der Waals surface area contributed by atoms with E-state index in [0.29, 0.717) is 11.4 Å². The Balaban J connectivity index is 1.57. The van der Waals surface area contributed by atoms with Crippen LogP contribution in [-0.4, -0.2) is 21.1 Å². The van der Waals surface area contributed by atoms with Crippen molar-refractivity contribution in [2.45, 2.75) is 12.9 Å². The summed E-state index contributed by atoms with van der Waals surface area (Å²) in [5, 5.41) is 7.64. The topological polar surface area (TPSA) is 70.2 Å². The molecular formula is C19H12F3N3O3S. The van der Waals surface area contributed by atoms with E-state index in [1.165, 1.54) is 40.2 Å². The summed E-state index contributed by atoms with van der Waals surface area (Å²) < 4.78 is 47.2. The van der Waals surface area contributed by atoms with E-state index in [1.54, 1.807) is 18.3 Å². The van der Waals surface area contributed by atoms with Gasteiger partial charge in [0.05, 0.1) is 6.54 Å². The first-order chi connectivity index (χ1) is 13.9. The summed E-state index contributed by atoms with van der Waals surface area (Å²) >= 11 is 1.49. The lowest BCUT2D eigenvalue weighted by Gasteiger charge is -2.10. The molecule has 0 saturated heterocycles. The largest absolute Gasteiger partial charge is 0.573 e. The van der Waals surface area contributed by atoms with Gasteiger partial charge in [-0.1, -0.05) is 17.3 Å². The zero-order chi connectivity index (χ0) is 20.4. The maximum Gasteiger partial charge on any atom is 0.573 e. The molecule has 3 heterocycles. The van der Waals surface area contributed by atoms with Crippen LogP contribution >= 0.6 is 11.3 Å². The number of pyridine rings is 1. The van der Waals surface area contributed by atoms with E-state index in [0.717, 1.165) is 5.56 Å². The van der Waals surface area contributed by atoms with Gasteiger partial charge in [0.15, 0.2) is 0 Å². The quantitative estimate of drug-likeness (QED) is 0.474. The Hall–Kier alpha value is -3.40. The number of rotatable bonds is 5. The fourth-order valence-electron chi connectivity index (χ4n) is 2.66. The van der Waals surface area contributed by atoms with Gasteiger partial charge in [0.25, 0.3) is 11.4 Å². The molecule has 6 nitrogen and oxygen atoms in total. The molecule has 0 radical (unpaired) electrons. The molecule has 0 unspecified atom stereocenters. The molecule has 0 atom stereocenters. The normalized spacial score (nSPS) is 11.6. The summed E-state index contributed by atoms with van der Waals surface area (Å²) in [6, 6.07) is 10.4. The van der Waals surface area contributed by atoms with Gasteiger partial charge in [-0.3, -0.25) is 4.79 Å². The zero-order valence-electron chi connectivity index (χ0n) is 14.6. The van der Waals surface area contributed by atoms with E-state index in [4.69, 9.17) is 4.52 Å². The Bertz CT molecular complexity index is 1170. The summed E-state index contributed by atoms with van der Waals surface area (Å²) in [4.78, 5) is 17.1. The van der Waals surface area contributed by atoms with E-state index < -0.39 is 6.36 Å². The number of benzene rings is 1. The van der Waals surface area contributed by atoms with Crippen LogP contribution < -0.4 is 10.3 Å². The van der Waals surface area contributed by atoms with Crippen LogP contribution in [0.25, 0.3) is 22.8 Å². The van der Waals surface area contributed by atoms with Crippen LogP contribution in [0.3, 0.4) is 0 Å². The number of ether oxygens (including phenoxy) is 1. The minimum absolute atomic E-state index is 0.0967. The molecule has 0 saturated carbocycles. The Kier molecular flexibility index (Phi) is 4.93. The third kappa shape index (κ3) is 4.37. The van der Waals surface area contributed by atoms with Crippen molar-refractivity contribution in [2.24, 2.45) is 0 Å². The van der Waals surface area contributed by atoms with Crippen LogP contribution in [0, 0.1) is 0 Å². The van der Waals surface area contributed by atoms with Crippen LogP contribution in [0.2, 0.25) is 0 Å². The molecule has 0 fully saturated rings. The average molecular weight is 419 g/mol. The van der Waals surface area contributed by atoms with Crippen molar-refractivity contribution in [1.29, 1.82) is 0 Å². The first-order valence-electron chi connectivity index (χ1n) is 8.30. The smallest absolute Gasteiger partial charge is 0.406 e. The summed E-state index contributed by atoms with van der Waals surface area (Å²) in [5.41, 5.74) is 1.30. The Morgan fingerprint density at radius 2 is 1.93 bits per heavy atom. The number of hydrogen-bond acceptors (Lipinski definition) is 6. The maximum absolute atomic E-state index is 12.8. The molecule has 29 heavy (non-hydrogen) atoms. The first kappa shape index (κ1) is 18.9. The number of aromatic nitrogens is 3. The van der Waals surface area contributed by atoms with Gasteiger partial charge < -0.3 is 13.8 Å². The highest BCUT2D eigenvalue weighted by Crippen LogP contribution is 2.24.